The maximum Gasteiger partial charge on any atom is 0.253 e. The van der Waals surface area contributed by atoms with Crippen LogP contribution in [0.3, 0.4) is 0 Å². The topological polar surface area (TPSA) is 102 Å². The number of carbonyl (C=O) groups excluding carboxylic acids is 1. The van der Waals surface area contributed by atoms with Gasteiger partial charge in [-0.3, -0.25) is 4.79 Å². The number of amides is 1. The Bertz CT molecular complexity index is 1070. The maximum atomic E-state index is 13.0. The molecular weight excluding hydrogens is 408 g/mol. The summed E-state index contributed by atoms with van der Waals surface area (Å²) in [7, 11) is 0. The number of rotatable bonds is 6. The lowest BCUT2D eigenvalue weighted by atomic mass is 9.90. The lowest BCUT2D eigenvalue weighted by Gasteiger charge is -2.32. The highest BCUT2D eigenvalue weighted by Gasteiger charge is 2.27. The van der Waals surface area contributed by atoms with Gasteiger partial charge in [-0.15, -0.1) is 0 Å². The highest BCUT2D eigenvalue weighted by atomic mass is 16.5. The summed E-state index contributed by atoms with van der Waals surface area (Å²) < 4.78 is 11.0. The molecule has 1 fully saturated rings. The molecule has 0 unspecified atom stereocenters. The Kier molecular flexibility index (Phi) is 6.50. The van der Waals surface area contributed by atoms with Crippen molar-refractivity contribution in [2.45, 2.75) is 52.7 Å². The van der Waals surface area contributed by atoms with Gasteiger partial charge in [0, 0.05) is 36.3 Å². The molecule has 4 rings (SSSR count). The fourth-order valence-corrected chi connectivity index (χ4v) is 4.08. The van der Waals surface area contributed by atoms with Gasteiger partial charge in [-0.2, -0.15) is 0 Å². The number of aryl methyl sites for hydroxylation is 3. The number of carbonyl (C=O) groups is 1. The number of hydrogen-bond donors (Lipinski definition) is 1. The summed E-state index contributed by atoms with van der Waals surface area (Å²) >= 11 is 0. The van der Waals surface area contributed by atoms with Crippen molar-refractivity contribution in [3.63, 3.8) is 0 Å². The van der Waals surface area contributed by atoms with E-state index in [0.717, 1.165) is 41.1 Å². The molecule has 1 aromatic carbocycles. The second-order valence-electron chi connectivity index (χ2n) is 8.17. The zero-order valence-electron chi connectivity index (χ0n) is 18.7. The van der Waals surface area contributed by atoms with Crippen LogP contribution in [0, 0.1) is 20.8 Å². The van der Waals surface area contributed by atoms with E-state index in [1.165, 1.54) is 0 Å². The largest absolute Gasteiger partial charge is 0.489 e. The predicted molar refractivity (Wildman–Crippen MR) is 117 cm³/mol. The number of ether oxygens (including phenoxy) is 1. The minimum atomic E-state index is -0.0700. The van der Waals surface area contributed by atoms with Gasteiger partial charge in [0.1, 0.15) is 23.9 Å². The van der Waals surface area contributed by atoms with E-state index in [0.29, 0.717) is 36.8 Å². The first-order valence-corrected chi connectivity index (χ1v) is 10.8. The van der Waals surface area contributed by atoms with Gasteiger partial charge in [0.15, 0.2) is 0 Å². The quantitative estimate of drug-likeness (QED) is 0.631. The van der Waals surface area contributed by atoms with Gasteiger partial charge >= 0.3 is 0 Å². The number of benzene rings is 1. The van der Waals surface area contributed by atoms with Crippen LogP contribution in [0.15, 0.2) is 35.0 Å². The summed E-state index contributed by atoms with van der Waals surface area (Å²) in [5.74, 6) is 2.38. The number of aromatic nitrogens is 3. The number of hydrogen-bond acceptors (Lipinski definition) is 7. The molecule has 0 aliphatic carbocycles. The average molecular weight is 437 g/mol. The molecule has 8 heteroatoms. The van der Waals surface area contributed by atoms with Crippen molar-refractivity contribution in [2.75, 3.05) is 13.1 Å². The van der Waals surface area contributed by atoms with E-state index >= 15 is 0 Å². The molecule has 0 bridgehead atoms. The normalized spacial score (nSPS) is 14.6. The predicted octanol–water partition coefficient (Wildman–Crippen LogP) is 3.48. The second-order valence-corrected chi connectivity index (χ2v) is 8.17. The van der Waals surface area contributed by atoms with Crippen LogP contribution >= 0.6 is 0 Å². The molecule has 0 spiro atoms. The standard InChI is InChI=1S/C24H28N4O4/c1-15-22(16(2)32-27-15)14-31-21-6-4-19(5-7-21)24(30)28-10-8-18(9-11-28)23-20(13-29)12-25-17(3)26-23/h4-7,12,18,29H,8-11,13-14H2,1-3H3. The Morgan fingerprint density at radius 1 is 1.19 bits per heavy atom. The summed E-state index contributed by atoms with van der Waals surface area (Å²) in [6.07, 6.45) is 3.33. The average Bonchev–Trinajstić information content (AvgIpc) is 3.14. The SMILES string of the molecule is Cc1ncc(CO)c(C2CCN(C(=O)c3ccc(OCc4c(C)noc4C)cc3)CC2)n1. The molecule has 0 saturated carbocycles. The maximum absolute atomic E-state index is 13.0. The van der Waals surface area contributed by atoms with Crippen LogP contribution in [0.1, 0.15) is 63.2 Å². The fourth-order valence-electron chi connectivity index (χ4n) is 4.08. The first kappa shape index (κ1) is 22.0. The van der Waals surface area contributed by atoms with Gasteiger partial charge in [-0.1, -0.05) is 5.16 Å². The zero-order chi connectivity index (χ0) is 22.7. The second kappa shape index (κ2) is 9.48. The Balaban J connectivity index is 1.35. The number of aliphatic hydroxyl groups is 1. The van der Waals surface area contributed by atoms with E-state index in [2.05, 4.69) is 15.1 Å². The van der Waals surface area contributed by atoms with Crippen LogP contribution in [-0.4, -0.2) is 44.1 Å². The Hall–Kier alpha value is -3.26. The number of aliphatic hydroxyl groups excluding tert-OH is 1. The number of piperidine rings is 1. The van der Waals surface area contributed by atoms with Gasteiger partial charge in [0.2, 0.25) is 0 Å². The van der Waals surface area contributed by atoms with E-state index in [-0.39, 0.29) is 18.4 Å². The molecule has 32 heavy (non-hydrogen) atoms. The first-order chi connectivity index (χ1) is 15.5. The minimum absolute atomic E-state index is 0.0157. The van der Waals surface area contributed by atoms with Crippen molar-refractivity contribution in [2.24, 2.45) is 0 Å². The third kappa shape index (κ3) is 4.65. The molecule has 168 valence electrons. The first-order valence-electron chi connectivity index (χ1n) is 10.8. The van der Waals surface area contributed by atoms with Gasteiger partial charge in [-0.05, 0) is 57.9 Å². The number of likely N-dealkylation sites (tertiary alicyclic amines) is 1. The molecule has 1 aliphatic heterocycles. The molecule has 1 saturated heterocycles. The van der Waals surface area contributed by atoms with Crippen molar-refractivity contribution in [1.29, 1.82) is 0 Å². The van der Waals surface area contributed by atoms with E-state index < -0.39 is 0 Å². The summed E-state index contributed by atoms with van der Waals surface area (Å²) in [6, 6.07) is 7.23. The molecule has 8 nitrogen and oxygen atoms in total. The lowest BCUT2D eigenvalue weighted by molar-refractivity contribution is 0.0711. The van der Waals surface area contributed by atoms with E-state index in [1.807, 2.05) is 37.8 Å². The summed E-state index contributed by atoms with van der Waals surface area (Å²) in [5, 5.41) is 13.5. The van der Waals surface area contributed by atoms with Crippen LogP contribution in [0.5, 0.6) is 5.75 Å². The van der Waals surface area contributed by atoms with Gasteiger partial charge < -0.3 is 19.3 Å². The Morgan fingerprint density at radius 2 is 1.91 bits per heavy atom. The molecule has 1 N–H and O–H groups in total. The summed E-state index contributed by atoms with van der Waals surface area (Å²) in [4.78, 5) is 23.6. The smallest absolute Gasteiger partial charge is 0.253 e. The summed E-state index contributed by atoms with van der Waals surface area (Å²) in [5.41, 5.74) is 4.08. The lowest BCUT2D eigenvalue weighted by Crippen LogP contribution is -2.38. The Morgan fingerprint density at radius 3 is 2.53 bits per heavy atom. The van der Waals surface area contributed by atoms with E-state index in [4.69, 9.17) is 9.26 Å². The molecule has 0 atom stereocenters. The molecule has 3 heterocycles. The van der Waals surface area contributed by atoms with Crippen molar-refractivity contribution in [3.05, 3.63) is 70.1 Å². The van der Waals surface area contributed by atoms with E-state index in [9.17, 15) is 9.90 Å². The molecule has 3 aromatic rings. The van der Waals surface area contributed by atoms with Crippen LogP contribution in [-0.2, 0) is 13.2 Å². The van der Waals surface area contributed by atoms with Crippen LogP contribution in [0.25, 0.3) is 0 Å². The van der Waals surface area contributed by atoms with Crippen molar-refractivity contribution in [3.8, 4) is 5.75 Å². The highest BCUT2D eigenvalue weighted by molar-refractivity contribution is 5.94. The third-order valence-corrected chi connectivity index (χ3v) is 6.02. The van der Waals surface area contributed by atoms with Gasteiger partial charge in [-0.25, -0.2) is 9.97 Å². The zero-order valence-corrected chi connectivity index (χ0v) is 18.7. The van der Waals surface area contributed by atoms with Crippen molar-refractivity contribution < 1.29 is 19.2 Å². The van der Waals surface area contributed by atoms with Crippen molar-refractivity contribution in [1.82, 2.24) is 20.0 Å². The van der Waals surface area contributed by atoms with Gasteiger partial charge in [0.25, 0.3) is 5.91 Å². The number of nitrogens with zero attached hydrogens (tertiary/aromatic N) is 4. The molecular formula is C24H28N4O4. The van der Waals surface area contributed by atoms with Crippen LogP contribution < -0.4 is 4.74 Å². The van der Waals surface area contributed by atoms with Gasteiger partial charge in [0.05, 0.1) is 23.6 Å². The fraction of sp³-hybridized carbons (Fsp3) is 0.417. The summed E-state index contributed by atoms with van der Waals surface area (Å²) in [6.45, 7) is 7.21. The third-order valence-electron chi connectivity index (χ3n) is 6.02. The van der Waals surface area contributed by atoms with Crippen LogP contribution in [0.4, 0.5) is 0 Å². The minimum Gasteiger partial charge on any atom is -0.489 e. The van der Waals surface area contributed by atoms with Crippen LogP contribution in [0.2, 0.25) is 0 Å². The van der Waals surface area contributed by atoms with Crippen molar-refractivity contribution >= 4 is 5.91 Å². The highest BCUT2D eigenvalue weighted by Crippen LogP contribution is 2.30. The molecule has 2 aromatic heterocycles. The molecule has 1 amide bonds. The molecule has 1 aliphatic rings. The monoisotopic (exact) mass is 436 g/mol. The van der Waals surface area contributed by atoms with E-state index in [1.54, 1.807) is 18.3 Å². The Labute approximate surface area is 187 Å². The molecule has 0 radical (unpaired) electrons.